The maximum atomic E-state index is 12.3. The second-order valence-electron chi connectivity index (χ2n) is 5.96. The van der Waals surface area contributed by atoms with Gasteiger partial charge in [-0.2, -0.15) is 0 Å². The van der Waals surface area contributed by atoms with Gasteiger partial charge in [-0.1, -0.05) is 12.8 Å². The van der Waals surface area contributed by atoms with E-state index in [4.69, 9.17) is 0 Å². The Hall–Kier alpha value is -1.36. The molecule has 0 bridgehead atoms. The first-order chi connectivity index (χ1) is 9.97. The lowest BCUT2D eigenvalue weighted by Gasteiger charge is -2.28. The Balaban J connectivity index is 1.91. The number of hydrogen-bond donors (Lipinski definition) is 2. The van der Waals surface area contributed by atoms with Gasteiger partial charge in [0, 0.05) is 22.2 Å². The predicted octanol–water partition coefficient (Wildman–Crippen LogP) is 2.99. The van der Waals surface area contributed by atoms with E-state index in [1.807, 2.05) is 6.92 Å². The molecule has 0 aliphatic heterocycles. The number of thiophene rings is 1. The second-order valence-corrected chi connectivity index (χ2v) is 7.33. The first-order valence-electron chi connectivity index (χ1n) is 7.56. The summed E-state index contributed by atoms with van der Waals surface area (Å²) in [7, 11) is 0. The van der Waals surface area contributed by atoms with Crippen LogP contribution in [0.25, 0.3) is 0 Å². The number of aliphatic carboxylic acids is 1. The van der Waals surface area contributed by atoms with Crippen LogP contribution in [-0.4, -0.2) is 23.0 Å². The number of aryl methyl sites for hydroxylation is 1. The summed E-state index contributed by atoms with van der Waals surface area (Å²) in [5.41, 5.74) is 0. The van der Waals surface area contributed by atoms with E-state index in [1.54, 1.807) is 11.3 Å². The minimum Gasteiger partial charge on any atom is -0.481 e. The number of carboxylic acids is 1. The van der Waals surface area contributed by atoms with E-state index in [9.17, 15) is 14.7 Å². The summed E-state index contributed by atoms with van der Waals surface area (Å²) >= 11 is 1.74. The summed E-state index contributed by atoms with van der Waals surface area (Å²) in [5.74, 6) is -1.82. The molecule has 1 fully saturated rings. The molecule has 2 rings (SSSR count). The monoisotopic (exact) mass is 309 g/mol. The van der Waals surface area contributed by atoms with E-state index < -0.39 is 11.9 Å². The van der Waals surface area contributed by atoms with Gasteiger partial charge in [-0.3, -0.25) is 9.59 Å². The molecule has 0 saturated heterocycles. The third kappa shape index (κ3) is 4.30. The van der Waals surface area contributed by atoms with Crippen molar-refractivity contribution in [2.75, 3.05) is 0 Å². The molecule has 1 heterocycles. The molecule has 2 N–H and O–H groups in total. The highest BCUT2D eigenvalue weighted by Crippen LogP contribution is 2.30. The Morgan fingerprint density at radius 2 is 2.00 bits per heavy atom. The van der Waals surface area contributed by atoms with Crippen LogP contribution < -0.4 is 5.32 Å². The molecule has 1 aromatic heterocycles. The number of carbonyl (C=O) groups is 2. The van der Waals surface area contributed by atoms with Gasteiger partial charge < -0.3 is 10.4 Å². The quantitative estimate of drug-likeness (QED) is 0.878. The lowest BCUT2D eigenvalue weighted by atomic mass is 9.78. The van der Waals surface area contributed by atoms with Gasteiger partial charge in [0.2, 0.25) is 5.91 Å². The Bertz CT molecular complexity index is 511. The van der Waals surface area contributed by atoms with Crippen LogP contribution in [0, 0.1) is 18.8 Å². The van der Waals surface area contributed by atoms with Crippen molar-refractivity contribution in [3.63, 3.8) is 0 Å². The second kappa shape index (κ2) is 7.07. The smallest absolute Gasteiger partial charge is 0.307 e. The lowest BCUT2D eigenvalue weighted by molar-refractivity contribution is -0.149. The van der Waals surface area contributed by atoms with Gasteiger partial charge in [-0.05, 0) is 38.8 Å². The van der Waals surface area contributed by atoms with Crippen LogP contribution >= 0.6 is 11.3 Å². The summed E-state index contributed by atoms with van der Waals surface area (Å²) < 4.78 is 0. The van der Waals surface area contributed by atoms with Crippen molar-refractivity contribution >= 4 is 23.2 Å². The highest BCUT2D eigenvalue weighted by Gasteiger charge is 2.35. The van der Waals surface area contributed by atoms with Crippen LogP contribution in [0.3, 0.4) is 0 Å². The normalized spacial score (nSPS) is 23.5. The van der Waals surface area contributed by atoms with Crippen molar-refractivity contribution in [2.45, 2.75) is 52.0 Å². The molecule has 21 heavy (non-hydrogen) atoms. The van der Waals surface area contributed by atoms with E-state index in [0.29, 0.717) is 12.8 Å². The third-order valence-electron chi connectivity index (χ3n) is 4.11. The molecule has 5 heteroatoms. The van der Waals surface area contributed by atoms with Crippen LogP contribution in [0.2, 0.25) is 0 Å². The number of hydrogen-bond acceptors (Lipinski definition) is 3. The lowest BCUT2D eigenvalue weighted by Crippen LogP contribution is -2.43. The Morgan fingerprint density at radius 3 is 2.57 bits per heavy atom. The van der Waals surface area contributed by atoms with Crippen molar-refractivity contribution in [2.24, 2.45) is 11.8 Å². The molecule has 0 aromatic carbocycles. The Morgan fingerprint density at radius 1 is 1.33 bits per heavy atom. The molecule has 1 saturated carbocycles. The van der Waals surface area contributed by atoms with Crippen molar-refractivity contribution in [3.8, 4) is 0 Å². The number of rotatable bonds is 5. The summed E-state index contributed by atoms with van der Waals surface area (Å²) in [6, 6.07) is 4.20. The van der Waals surface area contributed by atoms with Gasteiger partial charge in [0.1, 0.15) is 0 Å². The fourth-order valence-electron chi connectivity index (χ4n) is 3.04. The summed E-state index contributed by atoms with van der Waals surface area (Å²) in [4.78, 5) is 26.1. The molecular weight excluding hydrogens is 286 g/mol. The fraction of sp³-hybridized carbons (Fsp3) is 0.625. The third-order valence-corrected chi connectivity index (χ3v) is 5.13. The molecule has 0 radical (unpaired) electrons. The highest BCUT2D eigenvalue weighted by atomic mass is 32.1. The molecule has 0 spiro atoms. The SMILES string of the molecule is Cc1ccc(CC(C)NC(=O)[C@@H]2CCCC[C@@H]2C(=O)O)s1. The zero-order valence-electron chi connectivity index (χ0n) is 12.6. The molecule has 1 aromatic rings. The van der Waals surface area contributed by atoms with Crippen LogP contribution in [-0.2, 0) is 16.0 Å². The number of carbonyl (C=O) groups excluding carboxylic acids is 1. The van der Waals surface area contributed by atoms with Crippen molar-refractivity contribution in [3.05, 3.63) is 21.9 Å². The Kier molecular flexibility index (Phi) is 5.39. The summed E-state index contributed by atoms with van der Waals surface area (Å²) in [6.45, 7) is 4.04. The molecule has 116 valence electrons. The molecular formula is C16H23NO3S. The standard InChI is InChI=1S/C16H23NO3S/c1-10(9-12-8-7-11(2)21-12)17-15(18)13-5-3-4-6-14(13)16(19)20/h7-8,10,13-14H,3-6,9H2,1-2H3,(H,17,18)(H,19,20)/t10?,13-,14+/m1/s1. The maximum absolute atomic E-state index is 12.3. The van der Waals surface area contributed by atoms with Crippen LogP contribution in [0.1, 0.15) is 42.4 Å². The molecule has 1 aliphatic carbocycles. The van der Waals surface area contributed by atoms with Crippen LogP contribution in [0.5, 0.6) is 0 Å². The zero-order chi connectivity index (χ0) is 15.4. The number of nitrogens with one attached hydrogen (secondary N) is 1. The number of carboxylic acid groups (broad SMARTS) is 1. The van der Waals surface area contributed by atoms with Gasteiger partial charge >= 0.3 is 5.97 Å². The summed E-state index contributed by atoms with van der Waals surface area (Å²) in [6.07, 6.45) is 3.96. The van der Waals surface area contributed by atoms with Crippen molar-refractivity contribution in [1.82, 2.24) is 5.32 Å². The van der Waals surface area contributed by atoms with Crippen molar-refractivity contribution in [1.29, 1.82) is 0 Å². The maximum Gasteiger partial charge on any atom is 0.307 e. The van der Waals surface area contributed by atoms with E-state index in [1.165, 1.54) is 9.75 Å². The largest absolute Gasteiger partial charge is 0.481 e. The van der Waals surface area contributed by atoms with Crippen molar-refractivity contribution < 1.29 is 14.7 Å². The predicted molar refractivity (Wildman–Crippen MR) is 83.4 cm³/mol. The van der Waals surface area contributed by atoms with Crippen LogP contribution in [0.4, 0.5) is 0 Å². The molecule has 1 unspecified atom stereocenters. The summed E-state index contributed by atoms with van der Waals surface area (Å²) in [5, 5.41) is 12.2. The average Bonchev–Trinajstić information content (AvgIpc) is 2.83. The first-order valence-corrected chi connectivity index (χ1v) is 8.37. The minimum atomic E-state index is -0.837. The van der Waals surface area contributed by atoms with E-state index in [2.05, 4.69) is 24.4 Å². The molecule has 3 atom stereocenters. The minimum absolute atomic E-state index is 0.0342. The van der Waals surface area contributed by atoms with Crippen LogP contribution in [0.15, 0.2) is 12.1 Å². The van der Waals surface area contributed by atoms with Gasteiger partial charge in [0.05, 0.1) is 11.8 Å². The van der Waals surface area contributed by atoms with E-state index in [0.717, 1.165) is 19.3 Å². The topological polar surface area (TPSA) is 66.4 Å². The van der Waals surface area contributed by atoms with Gasteiger partial charge in [0.25, 0.3) is 0 Å². The molecule has 1 amide bonds. The zero-order valence-corrected chi connectivity index (χ0v) is 13.4. The highest BCUT2D eigenvalue weighted by molar-refractivity contribution is 7.11. The number of amides is 1. The van der Waals surface area contributed by atoms with Gasteiger partial charge in [-0.25, -0.2) is 0 Å². The average molecular weight is 309 g/mol. The van der Waals surface area contributed by atoms with E-state index >= 15 is 0 Å². The first kappa shape index (κ1) is 16.0. The fourth-order valence-corrected chi connectivity index (χ4v) is 4.06. The molecule has 1 aliphatic rings. The van der Waals surface area contributed by atoms with E-state index in [-0.39, 0.29) is 17.9 Å². The van der Waals surface area contributed by atoms with Gasteiger partial charge in [-0.15, -0.1) is 11.3 Å². The van der Waals surface area contributed by atoms with Gasteiger partial charge in [0.15, 0.2) is 0 Å². The Labute approximate surface area is 129 Å². The molecule has 4 nitrogen and oxygen atoms in total.